The minimum atomic E-state index is -0.985. The van der Waals surface area contributed by atoms with Crippen LogP contribution in [0.2, 0.25) is 0 Å². The maximum absolute atomic E-state index is 10.7. The van der Waals surface area contributed by atoms with E-state index >= 15 is 0 Å². The van der Waals surface area contributed by atoms with Crippen LogP contribution in [0.25, 0.3) is 23.3 Å². The number of hydrogen-bond acceptors (Lipinski definition) is 6. The largest absolute Gasteiger partial charge is 0.482 e. The van der Waals surface area contributed by atoms with Crippen molar-refractivity contribution in [3.8, 4) is 22.6 Å². The van der Waals surface area contributed by atoms with E-state index < -0.39 is 11.9 Å². The standard InChI is InChI=1S/C37H34O6S2/c1-24-17-30(9-13-34(24)42-22-36(38)39)44-15-3-5-26-7-11-32-28(19-26)21-29-20-27(8-12-33(29)32)6-4-16-45-31-10-14-35(25(2)18-31)43-23-37(40)41/h3-14,17-20H,15-16,21-23H2,1-2H3,(H,38,39)(H,40,41)/b5-3+,6-4+. The van der Waals surface area contributed by atoms with Crippen molar-refractivity contribution in [2.24, 2.45) is 0 Å². The van der Waals surface area contributed by atoms with Crippen LogP contribution in [-0.2, 0) is 16.0 Å². The average Bonchev–Trinajstić information content (AvgIpc) is 3.37. The second-order valence-electron chi connectivity index (χ2n) is 10.7. The highest BCUT2D eigenvalue weighted by Gasteiger charge is 2.18. The molecule has 0 bridgehead atoms. The van der Waals surface area contributed by atoms with Crippen molar-refractivity contribution in [3.05, 3.63) is 118 Å². The smallest absolute Gasteiger partial charge is 0.341 e. The number of benzene rings is 4. The lowest BCUT2D eigenvalue weighted by Crippen LogP contribution is -2.09. The fourth-order valence-corrected chi connectivity index (χ4v) is 6.76. The van der Waals surface area contributed by atoms with Gasteiger partial charge in [-0.2, -0.15) is 0 Å². The second-order valence-corrected chi connectivity index (χ2v) is 12.8. The van der Waals surface area contributed by atoms with Crippen molar-refractivity contribution in [3.63, 3.8) is 0 Å². The van der Waals surface area contributed by atoms with Gasteiger partial charge in [-0.25, -0.2) is 9.59 Å². The first-order valence-corrected chi connectivity index (χ1v) is 16.5. The van der Waals surface area contributed by atoms with E-state index in [1.165, 1.54) is 33.4 Å². The molecule has 4 aromatic carbocycles. The second kappa shape index (κ2) is 15.1. The topological polar surface area (TPSA) is 93.1 Å². The summed E-state index contributed by atoms with van der Waals surface area (Å²) in [6.45, 7) is 3.17. The summed E-state index contributed by atoms with van der Waals surface area (Å²) in [5.41, 5.74) is 9.50. The van der Waals surface area contributed by atoms with Crippen molar-refractivity contribution in [1.29, 1.82) is 0 Å². The molecule has 8 heteroatoms. The highest BCUT2D eigenvalue weighted by Crippen LogP contribution is 2.38. The van der Waals surface area contributed by atoms with E-state index in [9.17, 15) is 9.59 Å². The molecule has 5 rings (SSSR count). The monoisotopic (exact) mass is 638 g/mol. The van der Waals surface area contributed by atoms with Crippen molar-refractivity contribution < 1.29 is 29.3 Å². The summed E-state index contributed by atoms with van der Waals surface area (Å²) >= 11 is 3.45. The van der Waals surface area contributed by atoms with Gasteiger partial charge in [-0.3, -0.25) is 0 Å². The number of fused-ring (bicyclic) bond motifs is 3. The van der Waals surface area contributed by atoms with Gasteiger partial charge in [0.2, 0.25) is 0 Å². The van der Waals surface area contributed by atoms with Gasteiger partial charge in [0, 0.05) is 21.3 Å². The number of carboxylic acids is 2. The molecule has 0 amide bonds. The number of carboxylic acid groups (broad SMARTS) is 2. The molecule has 0 radical (unpaired) electrons. The normalized spacial score (nSPS) is 12.0. The molecule has 0 saturated carbocycles. The molecule has 1 aliphatic rings. The SMILES string of the molecule is Cc1cc(SC/C=C/c2ccc3c(c2)Cc2cc(/C=C/CSc4ccc(OCC(=O)O)c(C)c4)ccc2-3)ccc1OCC(=O)O. The number of aliphatic carboxylic acids is 2. The molecular formula is C37H34O6S2. The maximum Gasteiger partial charge on any atom is 0.341 e. The van der Waals surface area contributed by atoms with E-state index in [-0.39, 0.29) is 13.2 Å². The highest BCUT2D eigenvalue weighted by molar-refractivity contribution is 7.99. The predicted octanol–water partition coefficient (Wildman–Crippen LogP) is 8.41. The lowest BCUT2D eigenvalue weighted by Gasteiger charge is -2.08. The van der Waals surface area contributed by atoms with E-state index in [2.05, 4.69) is 60.7 Å². The Bertz CT molecular complexity index is 1650. The van der Waals surface area contributed by atoms with E-state index in [1.807, 2.05) is 50.2 Å². The molecule has 0 aromatic heterocycles. The minimum Gasteiger partial charge on any atom is -0.482 e. The highest BCUT2D eigenvalue weighted by atomic mass is 32.2. The molecule has 0 fully saturated rings. The Labute approximate surface area is 271 Å². The minimum absolute atomic E-state index is 0.340. The summed E-state index contributed by atoms with van der Waals surface area (Å²) in [5, 5.41) is 17.6. The Balaban J connectivity index is 1.12. The van der Waals surface area contributed by atoms with Gasteiger partial charge in [-0.1, -0.05) is 60.7 Å². The molecule has 0 heterocycles. The molecule has 0 spiro atoms. The van der Waals surface area contributed by atoms with Gasteiger partial charge in [-0.05, 0) is 101 Å². The van der Waals surface area contributed by atoms with Gasteiger partial charge < -0.3 is 19.7 Å². The van der Waals surface area contributed by atoms with Gasteiger partial charge in [0.25, 0.3) is 0 Å². The van der Waals surface area contributed by atoms with Gasteiger partial charge in [-0.15, -0.1) is 23.5 Å². The van der Waals surface area contributed by atoms with Crippen LogP contribution in [0, 0.1) is 13.8 Å². The molecule has 45 heavy (non-hydrogen) atoms. The molecule has 6 nitrogen and oxygen atoms in total. The Morgan fingerprint density at radius 2 is 1.11 bits per heavy atom. The van der Waals surface area contributed by atoms with Crippen molar-refractivity contribution in [2.45, 2.75) is 30.1 Å². The zero-order valence-electron chi connectivity index (χ0n) is 25.1. The first-order valence-electron chi connectivity index (χ1n) is 14.5. The molecule has 230 valence electrons. The first kappa shape index (κ1) is 32.0. The number of carbonyl (C=O) groups is 2. The average molecular weight is 639 g/mol. The lowest BCUT2D eigenvalue weighted by molar-refractivity contribution is -0.140. The molecule has 2 N–H and O–H groups in total. The summed E-state index contributed by atoms with van der Waals surface area (Å²) in [7, 11) is 0. The Morgan fingerprint density at radius 1 is 0.667 bits per heavy atom. The van der Waals surface area contributed by atoms with E-state index in [0.29, 0.717) is 11.5 Å². The quantitative estimate of drug-likeness (QED) is 0.117. The first-order chi connectivity index (χ1) is 21.7. The Hall–Kier alpha value is -4.40. The zero-order valence-corrected chi connectivity index (χ0v) is 26.8. The summed E-state index contributed by atoms with van der Waals surface area (Å²) in [5.74, 6) is 0.875. The number of ether oxygens (including phenoxy) is 2. The van der Waals surface area contributed by atoms with Crippen LogP contribution in [0.1, 0.15) is 33.4 Å². The van der Waals surface area contributed by atoms with Crippen molar-refractivity contribution in [1.82, 2.24) is 0 Å². The van der Waals surface area contributed by atoms with Gasteiger partial charge in [0.1, 0.15) is 11.5 Å². The van der Waals surface area contributed by atoms with Crippen LogP contribution in [0.4, 0.5) is 0 Å². The van der Waals surface area contributed by atoms with Crippen LogP contribution >= 0.6 is 23.5 Å². The van der Waals surface area contributed by atoms with Gasteiger partial charge in [0.05, 0.1) is 0 Å². The molecular weight excluding hydrogens is 605 g/mol. The maximum atomic E-state index is 10.7. The Morgan fingerprint density at radius 3 is 1.51 bits per heavy atom. The molecule has 0 unspecified atom stereocenters. The fraction of sp³-hybridized carbons (Fsp3) is 0.189. The number of aryl methyl sites for hydroxylation is 2. The summed E-state index contributed by atoms with van der Waals surface area (Å²) in [4.78, 5) is 23.7. The Kier molecular flexibility index (Phi) is 10.7. The van der Waals surface area contributed by atoms with Crippen LogP contribution in [0.5, 0.6) is 11.5 Å². The summed E-state index contributed by atoms with van der Waals surface area (Å²) in [6, 6.07) is 25.0. The lowest BCUT2D eigenvalue weighted by atomic mass is 10.0. The van der Waals surface area contributed by atoms with Crippen LogP contribution < -0.4 is 9.47 Å². The van der Waals surface area contributed by atoms with Gasteiger partial charge in [0.15, 0.2) is 13.2 Å². The molecule has 0 atom stereocenters. The fourth-order valence-electron chi connectivity index (χ4n) is 5.14. The molecule has 4 aromatic rings. The zero-order chi connectivity index (χ0) is 31.8. The third-order valence-electron chi connectivity index (χ3n) is 7.24. The summed E-state index contributed by atoms with van der Waals surface area (Å²) < 4.78 is 10.6. The predicted molar refractivity (Wildman–Crippen MR) is 183 cm³/mol. The molecule has 0 saturated heterocycles. The summed E-state index contributed by atoms with van der Waals surface area (Å²) in [6.07, 6.45) is 9.59. The number of thioether (sulfide) groups is 2. The van der Waals surface area contributed by atoms with E-state index in [4.69, 9.17) is 19.7 Å². The van der Waals surface area contributed by atoms with Gasteiger partial charge >= 0.3 is 11.9 Å². The van der Waals surface area contributed by atoms with Crippen LogP contribution in [0.3, 0.4) is 0 Å². The van der Waals surface area contributed by atoms with Crippen LogP contribution in [0.15, 0.2) is 94.7 Å². The van der Waals surface area contributed by atoms with Crippen LogP contribution in [-0.4, -0.2) is 46.9 Å². The van der Waals surface area contributed by atoms with E-state index in [1.54, 1.807) is 23.5 Å². The van der Waals surface area contributed by atoms with Crippen molar-refractivity contribution >= 4 is 47.6 Å². The third-order valence-corrected chi connectivity index (χ3v) is 9.13. The third kappa shape index (κ3) is 8.84. The van der Waals surface area contributed by atoms with E-state index in [0.717, 1.165) is 38.8 Å². The van der Waals surface area contributed by atoms with Crippen molar-refractivity contribution in [2.75, 3.05) is 24.7 Å². The molecule has 1 aliphatic carbocycles. The number of rotatable bonds is 14. The number of hydrogen-bond donors (Lipinski definition) is 2. The molecule has 0 aliphatic heterocycles.